The summed E-state index contributed by atoms with van der Waals surface area (Å²) in [6, 6.07) is 10.2. The normalized spacial score (nSPS) is 14.1. The van der Waals surface area contributed by atoms with E-state index in [-0.39, 0.29) is 17.9 Å². The Bertz CT molecular complexity index is 339. The zero-order valence-corrected chi connectivity index (χ0v) is 12.0. The fourth-order valence-electron chi connectivity index (χ4n) is 1.73. The fourth-order valence-corrected chi connectivity index (χ4v) is 2.28. The Balaban J connectivity index is 2.58. The van der Waals surface area contributed by atoms with Crippen molar-refractivity contribution in [2.75, 3.05) is 5.33 Å². The Labute approximate surface area is 112 Å². The Morgan fingerprint density at radius 2 is 2.00 bits per heavy atom. The van der Waals surface area contributed by atoms with Gasteiger partial charge in [-0.05, 0) is 25.3 Å². The molecule has 94 valence electrons. The van der Waals surface area contributed by atoms with Crippen LogP contribution in [0.25, 0.3) is 0 Å². The summed E-state index contributed by atoms with van der Waals surface area (Å²) in [5.74, 6) is 0.0320. The topological polar surface area (TPSA) is 29.1 Å². The molecular weight excluding hydrogens is 278 g/mol. The molecule has 0 aromatic heterocycles. The zero-order valence-electron chi connectivity index (χ0n) is 10.4. The minimum absolute atomic E-state index is 0.0828. The fraction of sp³-hybridized carbons (Fsp3) is 0.500. The van der Waals surface area contributed by atoms with E-state index >= 15 is 0 Å². The Morgan fingerprint density at radius 3 is 2.53 bits per heavy atom. The van der Waals surface area contributed by atoms with Crippen molar-refractivity contribution >= 4 is 21.8 Å². The van der Waals surface area contributed by atoms with E-state index < -0.39 is 0 Å². The second kappa shape index (κ2) is 7.49. The van der Waals surface area contributed by atoms with Crippen molar-refractivity contribution in [1.82, 2.24) is 5.32 Å². The second-order valence-corrected chi connectivity index (χ2v) is 5.02. The number of carbonyl (C=O) groups excluding carboxylic acids is 1. The summed E-state index contributed by atoms with van der Waals surface area (Å²) < 4.78 is 0. The van der Waals surface area contributed by atoms with Crippen molar-refractivity contribution in [3.05, 3.63) is 35.9 Å². The first kappa shape index (κ1) is 14.2. The molecule has 0 bridgehead atoms. The molecule has 2 atom stereocenters. The molecule has 0 fully saturated rings. The first-order valence-corrected chi connectivity index (χ1v) is 7.22. The van der Waals surface area contributed by atoms with Gasteiger partial charge in [-0.2, -0.15) is 0 Å². The summed E-state index contributed by atoms with van der Waals surface area (Å²) in [5.41, 5.74) is 1.07. The summed E-state index contributed by atoms with van der Waals surface area (Å²) in [6.45, 7) is 4.05. The predicted octanol–water partition coefficient (Wildman–Crippen LogP) is 3.47. The van der Waals surface area contributed by atoms with E-state index in [9.17, 15) is 4.79 Å². The van der Waals surface area contributed by atoms with E-state index in [1.54, 1.807) is 0 Å². The predicted molar refractivity (Wildman–Crippen MR) is 75.5 cm³/mol. The lowest BCUT2D eigenvalue weighted by Crippen LogP contribution is -2.37. The SMILES string of the molecule is CCC(CCBr)NC(=O)C(C)c1ccccc1. The number of carbonyl (C=O) groups is 1. The number of nitrogens with one attached hydrogen (secondary N) is 1. The number of hydrogen-bond donors (Lipinski definition) is 1. The lowest BCUT2D eigenvalue weighted by molar-refractivity contribution is -0.122. The number of benzene rings is 1. The van der Waals surface area contributed by atoms with Crippen LogP contribution in [0.15, 0.2) is 30.3 Å². The zero-order chi connectivity index (χ0) is 12.7. The number of rotatable bonds is 6. The third-order valence-electron chi connectivity index (χ3n) is 2.99. The lowest BCUT2D eigenvalue weighted by atomic mass is 10.00. The Kier molecular flexibility index (Phi) is 6.27. The largest absolute Gasteiger partial charge is 0.353 e. The molecule has 0 aliphatic heterocycles. The third-order valence-corrected chi connectivity index (χ3v) is 3.45. The molecule has 1 aromatic rings. The molecule has 2 nitrogen and oxygen atoms in total. The van der Waals surface area contributed by atoms with Gasteiger partial charge < -0.3 is 5.32 Å². The van der Waals surface area contributed by atoms with Crippen LogP contribution in [-0.2, 0) is 4.79 Å². The highest BCUT2D eigenvalue weighted by Gasteiger charge is 2.17. The Hall–Kier alpha value is -0.830. The van der Waals surface area contributed by atoms with Gasteiger partial charge >= 0.3 is 0 Å². The maximum absolute atomic E-state index is 12.1. The van der Waals surface area contributed by atoms with Gasteiger partial charge in [0.15, 0.2) is 0 Å². The molecular formula is C14H20BrNO. The maximum atomic E-state index is 12.1. The minimum atomic E-state index is -0.0828. The van der Waals surface area contributed by atoms with Crippen LogP contribution in [-0.4, -0.2) is 17.3 Å². The average Bonchev–Trinajstić information content (AvgIpc) is 2.38. The van der Waals surface area contributed by atoms with Gasteiger partial charge in [-0.3, -0.25) is 4.79 Å². The number of halogens is 1. The van der Waals surface area contributed by atoms with Gasteiger partial charge in [0.2, 0.25) is 5.91 Å². The maximum Gasteiger partial charge on any atom is 0.227 e. The highest BCUT2D eigenvalue weighted by molar-refractivity contribution is 9.09. The van der Waals surface area contributed by atoms with Crippen molar-refractivity contribution in [3.63, 3.8) is 0 Å². The summed E-state index contributed by atoms with van der Waals surface area (Å²) >= 11 is 3.41. The summed E-state index contributed by atoms with van der Waals surface area (Å²) in [5, 5.41) is 4.02. The highest BCUT2D eigenvalue weighted by Crippen LogP contribution is 2.15. The molecule has 1 rings (SSSR count). The molecule has 1 aromatic carbocycles. The van der Waals surface area contributed by atoms with Crippen LogP contribution < -0.4 is 5.32 Å². The van der Waals surface area contributed by atoms with E-state index in [2.05, 4.69) is 28.2 Å². The van der Waals surface area contributed by atoms with Crippen molar-refractivity contribution < 1.29 is 4.79 Å². The number of alkyl halides is 1. The number of hydrogen-bond acceptors (Lipinski definition) is 1. The molecule has 1 amide bonds. The first-order chi connectivity index (χ1) is 8.19. The molecule has 0 saturated heterocycles. The van der Waals surface area contributed by atoms with E-state index in [0.717, 1.165) is 23.7 Å². The minimum Gasteiger partial charge on any atom is -0.353 e. The van der Waals surface area contributed by atoms with Crippen LogP contribution in [0, 0.1) is 0 Å². The van der Waals surface area contributed by atoms with Crippen LogP contribution in [0.2, 0.25) is 0 Å². The summed E-state index contributed by atoms with van der Waals surface area (Å²) in [7, 11) is 0. The van der Waals surface area contributed by atoms with Crippen LogP contribution in [0.4, 0.5) is 0 Å². The van der Waals surface area contributed by atoms with Gasteiger partial charge in [-0.15, -0.1) is 0 Å². The molecule has 0 saturated carbocycles. The van der Waals surface area contributed by atoms with Gasteiger partial charge in [-0.25, -0.2) is 0 Å². The quantitative estimate of drug-likeness (QED) is 0.801. The van der Waals surface area contributed by atoms with Gasteiger partial charge in [-0.1, -0.05) is 53.2 Å². The Morgan fingerprint density at radius 1 is 1.35 bits per heavy atom. The van der Waals surface area contributed by atoms with Crippen molar-refractivity contribution in [2.45, 2.75) is 38.6 Å². The third kappa shape index (κ3) is 4.50. The van der Waals surface area contributed by atoms with E-state index in [1.807, 2.05) is 37.3 Å². The first-order valence-electron chi connectivity index (χ1n) is 6.10. The van der Waals surface area contributed by atoms with Gasteiger partial charge in [0, 0.05) is 11.4 Å². The highest BCUT2D eigenvalue weighted by atomic mass is 79.9. The van der Waals surface area contributed by atoms with Crippen molar-refractivity contribution in [3.8, 4) is 0 Å². The molecule has 1 N–H and O–H groups in total. The molecule has 0 heterocycles. The smallest absolute Gasteiger partial charge is 0.227 e. The average molecular weight is 298 g/mol. The van der Waals surface area contributed by atoms with Gasteiger partial charge in [0.05, 0.1) is 5.92 Å². The van der Waals surface area contributed by atoms with Crippen LogP contribution in [0.1, 0.15) is 38.2 Å². The van der Waals surface area contributed by atoms with E-state index in [1.165, 1.54) is 0 Å². The summed E-state index contributed by atoms with van der Waals surface area (Å²) in [4.78, 5) is 12.1. The molecule has 0 aliphatic rings. The molecule has 2 unspecified atom stereocenters. The second-order valence-electron chi connectivity index (χ2n) is 4.22. The monoisotopic (exact) mass is 297 g/mol. The van der Waals surface area contributed by atoms with Crippen LogP contribution in [0.3, 0.4) is 0 Å². The van der Waals surface area contributed by atoms with Crippen molar-refractivity contribution in [2.24, 2.45) is 0 Å². The molecule has 0 aliphatic carbocycles. The van der Waals surface area contributed by atoms with Crippen molar-refractivity contribution in [1.29, 1.82) is 0 Å². The van der Waals surface area contributed by atoms with Crippen LogP contribution in [0.5, 0.6) is 0 Å². The molecule has 0 spiro atoms. The molecule has 3 heteroatoms. The van der Waals surface area contributed by atoms with E-state index in [0.29, 0.717) is 0 Å². The lowest BCUT2D eigenvalue weighted by Gasteiger charge is -2.19. The molecule has 17 heavy (non-hydrogen) atoms. The van der Waals surface area contributed by atoms with Gasteiger partial charge in [0.1, 0.15) is 0 Å². The standard InChI is InChI=1S/C14H20BrNO/c1-3-13(9-10-15)16-14(17)11(2)12-7-5-4-6-8-12/h4-8,11,13H,3,9-10H2,1-2H3,(H,16,17). The number of amides is 1. The van der Waals surface area contributed by atoms with Crippen LogP contribution >= 0.6 is 15.9 Å². The van der Waals surface area contributed by atoms with Gasteiger partial charge in [0.25, 0.3) is 0 Å². The summed E-state index contributed by atoms with van der Waals surface area (Å²) in [6.07, 6.45) is 1.95. The molecule has 0 radical (unpaired) electrons. The van der Waals surface area contributed by atoms with E-state index in [4.69, 9.17) is 0 Å².